The summed E-state index contributed by atoms with van der Waals surface area (Å²) in [5.74, 6) is -0.101. The number of esters is 1. The Kier molecular flexibility index (Phi) is 4.35. The lowest BCUT2D eigenvalue weighted by Gasteiger charge is -2.41. The largest absolute Gasteiger partial charge is 0.466 e. The quantitative estimate of drug-likeness (QED) is 0.738. The van der Waals surface area contributed by atoms with Crippen LogP contribution in [0.15, 0.2) is 30.3 Å². The molecule has 0 aliphatic heterocycles. The van der Waals surface area contributed by atoms with E-state index in [0.717, 1.165) is 24.8 Å². The molecule has 0 aromatic heterocycles. The third-order valence-corrected chi connectivity index (χ3v) is 3.93. The van der Waals surface area contributed by atoms with Gasteiger partial charge < -0.3 is 4.74 Å². The average Bonchev–Trinajstić information content (AvgIpc) is 2.37. The molecule has 1 aromatic carbocycles. The number of carbonyl (C=O) groups excluding carboxylic acids is 2. The molecule has 1 aliphatic carbocycles. The second-order valence-corrected chi connectivity index (χ2v) is 5.03. The molecule has 0 amide bonds. The first kappa shape index (κ1) is 13.8. The number of ketones is 1. The molecule has 0 radical (unpaired) electrons. The van der Waals surface area contributed by atoms with Crippen LogP contribution in [-0.2, 0) is 19.7 Å². The third-order valence-electron chi connectivity index (χ3n) is 3.93. The van der Waals surface area contributed by atoms with E-state index in [1.807, 2.05) is 30.3 Å². The average molecular weight is 260 g/mol. The Morgan fingerprint density at radius 2 is 1.84 bits per heavy atom. The first-order chi connectivity index (χ1) is 9.19. The van der Waals surface area contributed by atoms with E-state index in [1.54, 1.807) is 6.92 Å². The van der Waals surface area contributed by atoms with E-state index in [-0.39, 0.29) is 30.0 Å². The van der Waals surface area contributed by atoms with Crippen LogP contribution in [0.4, 0.5) is 0 Å². The zero-order chi connectivity index (χ0) is 13.7. The van der Waals surface area contributed by atoms with Gasteiger partial charge in [-0.3, -0.25) is 9.59 Å². The Morgan fingerprint density at radius 3 is 2.37 bits per heavy atom. The Labute approximate surface area is 114 Å². The van der Waals surface area contributed by atoms with E-state index in [0.29, 0.717) is 6.61 Å². The summed E-state index contributed by atoms with van der Waals surface area (Å²) in [4.78, 5) is 23.8. The van der Waals surface area contributed by atoms with Crippen LogP contribution in [0.3, 0.4) is 0 Å². The summed E-state index contributed by atoms with van der Waals surface area (Å²) in [6.07, 6.45) is 3.37. The zero-order valence-electron chi connectivity index (χ0n) is 11.4. The van der Waals surface area contributed by atoms with Gasteiger partial charge in [-0.25, -0.2) is 0 Å². The van der Waals surface area contributed by atoms with Gasteiger partial charge in [0.25, 0.3) is 0 Å². The molecule has 19 heavy (non-hydrogen) atoms. The molecule has 2 rings (SSSR count). The van der Waals surface area contributed by atoms with Crippen LogP contribution in [0, 0.1) is 0 Å². The van der Waals surface area contributed by atoms with Crippen molar-refractivity contribution in [3.8, 4) is 0 Å². The molecule has 3 nitrogen and oxygen atoms in total. The molecule has 1 aromatic rings. The number of rotatable bonds is 6. The van der Waals surface area contributed by atoms with Crippen molar-refractivity contribution >= 4 is 11.8 Å². The first-order valence-electron chi connectivity index (χ1n) is 6.93. The minimum absolute atomic E-state index is 0.179. The van der Waals surface area contributed by atoms with Crippen LogP contribution in [0.5, 0.6) is 0 Å². The van der Waals surface area contributed by atoms with Crippen LogP contribution in [-0.4, -0.2) is 18.4 Å². The molecular formula is C16H20O3. The van der Waals surface area contributed by atoms with Crippen molar-refractivity contribution in [2.24, 2.45) is 0 Å². The van der Waals surface area contributed by atoms with Crippen LogP contribution in [0.2, 0.25) is 0 Å². The first-order valence-corrected chi connectivity index (χ1v) is 6.93. The van der Waals surface area contributed by atoms with Gasteiger partial charge in [-0.1, -0.05) is 36.8 Å². The molecule has 0 unspecified atom stereocenters. The Morgan fingerprint density at radius 1 is 1.16 bits per heavy atom. The van der Waals surface area contributed by atoms with E-state index in [1.165, 1.54) is 0 Å². The number of ether oxygens (including phenoxy) is 1. The fourth-order valence-electron chi connectivity index (χ4n) is 2.70. The maximum Gasteiger partial charge on any atom is 0.306 e. The Bertz CT molecular complexity index is 446. The molecular weight excluding hydrogens is 240 g/mol. The lowest BCUT2D eigenvalue weighted by Crippen LogP contribution is -2.42. The predicted molar refractivity (Wildman–Crippen MR) is 72.8 cm³/mol. The maximum atomic E-state index is 12.4. The highest BCUT2D eigenvalue weighted by atomic mass is 16.5. The lowest BCUT2D eigenvalue weighted by atomic mass is 9.61. The maximum absolute atomic E-state index is 12.4. The van der Waals surface area contributed by atoms with Gasteiger partial charge in [0.2, 0.25) is 0 Å². The third kappa shape index (κ3) is 2.86. The summed E-state index contributed by atoms with van der Waals surface area (Å²) in [7, 11) is 0. The number of benzene rings is 1. The van der Waals surface area contributed by atoms with Crippen molar-refractivity contribution in [2.45, 2.75) is 44.4 Å². The normalized spacial score (nSPS) is 16.5. The van der Waals surface area contributed by atoms with E-state index in [9.17, 15) is 9.59 Å². The Hall–Kier alpha value is -1.64. The lowest BCUT2D eigenvalue weighted by molar-refractivity contribution is -0.145. The molecule has 0 heterocycles. The van der Waals surface area contributed by atoms with Crippen LogP contribution >= 0.6 is 0 Å². The Balaban J connectivity index is 2.02. The van der Waals surface area contributed by atoms with Crippen LogP contribution in [0.1, 0.15) is 44.6 Å². The van der Waals surface area contributed by atoms with Gasteiger partial charge >= 0.3 is 5.97 Å². The molecule has 1 fully saturated rings. The van der Waals surface area contributed by atoms with Gasteiger partial charge in [-0.2, -0.15) is 0 Å². The molecule has 102 valence electrons. The number of Topliss-reactive ketones (excluding diaryl/α,β-unsaturated/α-hetero) is 1. The highest BCUT2D eigenvalue weighted by Crippen LogP contribution is 2.45. The molecule has 1 saturated carbocycles. The van der Waals surface area contributed by atoms with Crippen molar-refractivity contribution in [3.63, 3.8) is 0 Å². The number of hydrogen-bond donors (Lipinski definition) is 0. The molecule has 0 saturated heterocycles. The fraction of sp³-hybridized carbons (Fsp3) is 0.500. The summed E-state index contributed by atoms with van der Waals surface area (Å²) in [6.45, 7) is 2.15. The monoisotopic (exact) mass is 260 g/mol. The zero-order valence-corrected chi connectivity index (χ0v) is 11.4. The number of carbonyl (C=O) groups is 2. The second-order valence-electron chi connectivity index (χ2n) is 5.03. The van der Waals surface area contributed by atoms with Gasteiger partial charge in [-0.15, -0.1) is 0 Å². The summed E-state index contributed by atoms with van der Waals surface area (Å²) in [5, 5.41) is 0. The molecule has 0 atom stereocenters. The smallest absolute Gasteiger partial charge is 0.306 e. The van der Waals surface area contributed by atoms with Crippen molar-refractivity contribution in [1.82, 2.24) is 0 Å². The SMILES string of the molecule is CCOC(=O)CCC(=O)C1(c2ccccc2)CCC1. The van der Waals surface area contributed by atoms with Crippen molar-refractivity contribution < 1.29 is 14.3 Å². The molecule has 0 N–H and O–H groups in total. The van der Waals surface area contributed by atoms with Gasteiger partial charge in [0, 0.05) is 6.42 Å². The standard InChI is InChI=1S/C16H20O3/c1-2-19-15(18)10-9-14(17)16(11-6-12-16)13-7-4-3-5-8-13/h3-5,7-8H,2,6,9-12H2,1H3. The minimum atomic E-state index is -0.340. The van der Waals surface area contributed by atoms with Gasteiger partial charge in [0.05, 0.1) is 18.4 Å². The summed E-state index contributed by atoms with van der Waals surface area (Å²) in [5.41, 5.74) is 0.753. The van der Waals surface area contributed by atoms with Gasteiger partial charge in [0.1, 0.15) is 5.78 Å². The summed E-state index contributed by atoms with van der Waals surface area (Å²) < 4.78 is 4.87. The topological polar surface area (TPSA) is 43.4 Å². The van der Waals surface area contributed by atoms with Crippen molar-refractivity contribution in [3.05, 3.63) is 35.9 Å². The van der Waals surface area contributed by atoms with Crippen molar-refractivity contribution in [1.29, 1.82) is 0 Å². The molecule has 0 spiro atoms. The van der Waals surface area contributed by atoms with E-state index in [4.69, 9.17) is 4.74 Å². The highest BCUT2D eigenvalue weighted by molar-refractivity contribution is 5.93. The summed E-state index contributed by atoms with van der Waals surface area (Å²) >= 11 is 0. The fourth-order valence-corrected chi connectivity index (χ4v) is 2.70. The number of hydrogen-bond acceptors (Lipinski definition) is 3. The summed E-state index contributed by atoms with van der Waals surface area (Å²) in [6, 6.07) is 9.92. The minimum Gasteiger partial charge on any atom is -0.466 e. The highest BCUT2D eigenvalue weighted by Gasteiger charge is 2.44. The molecule has 0 bridgehead atoms. The molecule has 3 heteroatoms. The van der Waals surface area contributed by atoms with E-state index >= 15 is 0 Å². The molecule has 1 aliphatic rings. The van der Waals surface area contributed by atoms with Crippen molar-refractivity contribution in [2.75, 3.05) is 6.61 Å². The van der Waals surface area contributed by atoms with E-state index < -0.39 is 0 Å². The van der Waals surface area contributed by atoms with Gasteiger partial charge in [-0.05, 0) is 25.3 Å². The predicted octanol–water partition coefficient (Wildman–Crippen LogP) is 3.02. The second kappa shape index (κ2) is 6.00. The van der Waals surface area contributed by atoms with Gasteiger partial charge in [0.15, 0.2) is 0 Å². The van der Waals surface area contributed by atoms with Crippen LogP contribution in [0.25, 0.3) is 0 Å². The van der Waals surface area contributed by atoms with Crippen LogP contribution < -0.4 is 0 Å². The van der Waals surface area contributed by atoms with E-state index in [2.05, 4.69) is 0 Å².